The Hall–Kier alpha value is -4.98. The van der Waals surface area contributed by atoms with Crippen LogP contribution in [0.3, 0.4) is 0 Å². The standard InChI is InChI=1S/C37H37N3O5/c1-45-35-19-24(10-14-33(35)43)8-12-27(41)21-34(44)37-26(22-40-36-6-3-16-39-36)20-31-29(15-17-38-31)30(37)18-23-7-11-25-4-2-5-32(42)28(25)13-9-23/h2-6,9-10,13-17,19-20,23,30,37,39,42-43H,7-8,11-12,18,21-22H2,1H3/q-2. The number of aromatic amines is 1. The van der Waals surface area contributed by atoms with Gasteiger partial charge >= 0.3 is 0 Å². The molecule has 3 unspecified atom stereocenters. The number of methoxy groups -OCH3 is 1. The minimum atomic E-state index is -0.509. The van der Waals surface area contributed by atoms with Gasteiger partial charge in [-0.2, -0.15) is 6.20 Å². The molecule has 3 atom stereocenters. The molecule has 2 aromatic heterocycles. The molecule has 2 aliphatic rings. The Morgan fingerprint density at radius 3 is 2.80 bits per heavy atom. The molecule has 0 spiro atoms. The van der Waals surface area contributed by atoms with E-state index in [9.17, 15) is 19.8 Å². The van der Waals surface area contributed by atoms with Crippen LogP contribution in [0, 0.1) is 11.8 Å². The van der Waals surface area contributed by atoms with Crippen LogP contribution >= 0.6 is 0 Å². The zero-order valence-electron chi connectivity index (χ0n) is 25.3. The first-order chi connectivity index (χ1) is 21.9. The quantitative estimate of drug-likeness (QED) is 0.149. The number of ketones is 2. The van der Waals surface area contributed by atoms with Gasteiger partial charge in [-0.3, -0.25) is 9.59 Å². The Labute approximate surface area is 262 Å². The molecule has 0 radical (unpaired) electrons. The number of fused-ring (bicyclic) bond motifs is 2. The number of phenolic OH excluding ortho intramolecular Hbond substituents is 2. The molecule has 8 nitrogen and oxygen atoms in total. The van der Waals surface area contributed by atoms with E-state index in [0.717, 1.165) is 52.2 Å². The highest BCUT2D eigenvalue weighted by atomic mass is 16.5. The van der Waals surface area contributed by atoms with Gasteiger partial charge in [-0.05, 0) is 73.4 Å². The number of aromatic hydroxyl groups is 2. The van der Waals surface area contributed by atoms with Gasteiger partial charge in [0.05, 0.1) is 13.5 Å². The smallest absolute Gasteiger partial charge is 0.160 e. The van der Waals surface area contributed by atoms with Crippen molar-refractivity contribution in [2.45, 2.75) is 44.4 Å². The first-order valence-electron chi connectivity index (χ1n) is 15.4. The number of H-pyrrole nitrogens is 1. The van der Waals surface area contributed by atoms with Gasteiger partial charge in [0.1, 0.15) is 17.3 Å². The molecule has 0 fully saturated rings. The molecule has 2 aliphatic carbocycles. The number of nitrogens with one attached hydrogen (secondary N) is 1. The lowest BCUT2D eigenvalue weighted by Crippen LogP contribution is -2.31. The summed E-state index contributed by atoms with van der Waals surface area (Å²) in [6, 6.07) is 16.4. The zero-order chi connectivity index (χ0) is 31.3. The van der Waals surface area contributed by atoms with E-state index in [1.165, 1.54) is 7.11 Å². The molecular formula is C37H37N3O5-2. The van der Waals surface area contributed by atoms with Crippen molar-refractivity contribution in [2.75, 3.05) is 13.7 Å². The zero-order valence-corrected chi connectivity index (χ0v) is 25.3. The lowest BCUT2D eigenvalue weighted by atomic mass is 9.69. The molecule has 6 rings (SSSR count). The van der Waals surface area contributed by atoms with Crippen LogP contribution in [0.5, 0.6) is 17.2 Å². The molecule has 0 saturated carbocycles. The highest BCUT2D eigenvalue weighted by molar-refractivity contribution is 6.02. The third kappa shape index (κ3) is 6.75. The first-order valence-corrected chi connectivity index (χ1v) is 15.4. The number of carbonyl (C=O) groups is 2. The van der Waals surface area contributed by atoms with E-state index in [4.69, 9.17) is 10.1 Å². The Morgan fingerprint density at radius 1 is 1.09 bits per heavy atom. The predicted octanol–water partition coefficient (Wildman–Crippen LogP) is 7.02. The van der Waals surface area contributed by atoms with Gasteiger partial charge in [0.25, 0.3) is 0 Å². The van der Waals surface area contributed by atoms with E-state index in [1.54, 1.807) is 30.5 Å². The number of phenols is 2. The second-order valence-corrected chi connectivity index (χ2v) is 11.9. The van der Waals surface area contributed by atoms with Gasteiger partial charge in [-0.15, -0.1) is 5.69 Å². The Bertz CT molecular complexity index is 1730. The van der Waals surface area contributed by atoms with E-state index >= 15 is 0 Å². The SMILES string of the molecule is COc1cc(CCC(=O)CC(=O)C2C(C[N-]c3ccc[nH]3)=Cc3[n-]ccc3C2CC2C=Cc3c(O)cccc3CC2)ccc1O. The summed E-state index contributed by atoms with van der Waals surface area (Å²) in [6.07, 6.45) is 12.6. The average Bonchev–Trinajstić information content (AvgIpc) is 3.69. The third-order valence-electron chi connectivity index (χ3n) is 9.00. The number of Topliss-reactive ketones (excluding diaryl/α,β-unsaturated/α-hetero) is 2. The molecule has 0 aliphatic heterocycles. The maximum atomic E-state index is 14.2. The summed E-state index contributed by atoms with van der Waals surface area (Å²) in [4.78, 5) is 35.1. The van der Waals surface area contributed by atoms with E-state index < -0.39 is 5.92 Å². The maximum absolute atomic E-state index is 14.2. The molecule has 3 N–H and O–H groups in total. The lowest BCUT2D eigenvalue weighted by Gasteiger charge is -2.37. The summed E-state index contributed by atoms with van der Waals surface area (Å²) in [7, 11) is 1.48. The molecule has 2 aromatic carbocycles. The van der Waals surface area contributed by atoms with Crippen LogP contribution in [0.4, 0.5) is 5.82 Å². The predicted molar refractivity (Wildman–Crippen MR) is 174 cm³/mol. The van der Waals surface area contributed by atoms with Crippen molar-refractivity contribution in [3.05, 3.63) is 112 Å². The fourth-order valence-corrected chi connectivity index (χ4v) is 6.69. The van der Waals surface area contributed by atoms with Crippen LogP contribution in [-0.4, -0.2) is 40.4 Å². The van der Waals surface area contributed by atoms with Gasteiger partial charge in [-0.25, -0.2) is 0 Å². The fraction of sp³-hybridized carbons (Fsp3) is 0.297. The molecule has 0 bridgehead atoms. The van der Waals surface area contributed by atoms with E-state index in [1.807, 2.05) is 42.6 Å². The van der Waals surface area contributed by atoms with Gasteiger partial charge < -0.3 is 30.2 Å². The van der Waals surface area contributed by atoms with Crippen LogP contribution in [0.25, 0.3) is 17.5 Å². The number of hydrogen-bond acceptors (Lipinski definition) is 5. The Balaban J connectivity index is 1.23. The van der Waals surface area contributed by atoms with Crippen LogP contribution in [0.2, 0.25) is 0 Å². The number of nitrogens with zero attached hydrogens (tertiary/aromatic N) is 2. The number of aryl methyl sites for hydroxylation is 2. The fourth-order valence-electron chi connectivity index (χ4n) is 6.69. The van der Waals surface area contributed by atoms with Gasteiger partial charge in [0, 0.05) is 17.9 Å². The molecule has 8 heteroatoms. The molecule has 4 aromatic rings. The number of allylic oxidation sites excluding steroid dienone is 1. The van der Waals surface area contributed by atoms with Crippen LogP contribution in [0.1, 0.15) is 59.5 Å². The van der Waals surface area contributed by atoms with Gasteiger partial charge in [0.2, 0.25) is 0 Å². The number of hydrogen-bond donors (Lipinski definition) is 3. The second kappa shape index (κ2) is 13.3. The minimum absolute atomic E-state index is 0.0424. The summed E-state index contributed by atoms with van der Waals surface area (Å²) in [5.41, 5.74) is 5.56. The summed E-state index contributed by atoms with van der Waals surface area (Å²) in [6.45, 7) is 0.320. The summed E-state index contributed by atoms with van der Waals surface area (Å²) < 4.78 is 5.20. The van der Waals surface area contributed by atoms with E-state index in [2.05, 4.69) is 22.1 Å². The number of ether oxygens (including phenoxy) is 1. The minimum Gasteiger partial charge on any atom is -0.664 e. The molecular weight excluding hydrogens is 566 g/mol. The normalized spacial score (nSPS) is 18.8. The molecule has 2 heterocycles. The molecule has 45 heavy (non-hydrogen) atoms. The molecule has 232 valence electrons. The highest BCUT2D eigenvalue weighted by Gasteiger charge is 2.36. The van der Waals surface area contributed by atoms with E-state index in [-0.39, 0.29) is 47.7 Å². The van der Waals surface area contributed by atoms with Crippen LogP contribution < -0.4 is 9.72 Å². The second-order valence-electron chi connectivity index (χ2n) is 11.9. The summed E-state index contributed by atoms with van der Waals surface area (Å²) >= 11 is 0. The average molecular weight is 604 g/mol. The summed E-state index contributed by atoms with van der Waals surface area (Å²) in [5.74, 6) is 0.664. The van der Waals surface area contributed by atoms with Gasteiger partial charge in [-0.1, -0.05) is 77.8 Å². The van der Waals surface area contributed by atoms with Crippen molar-refractivity contribution < 1.29 is 24.5 Å². The van der Waals surface area contributed by atoms with Crippen molar-refractivity contribution in [3.63, 3.8) is 0 Å². The lowest BCUT2D eigenvalue weighted by molar-refractivity contribution is -0.129. The molecule has 0 saturated heterocycles. The number of rotatable bonds is 12. The topological polar surface area (TPSA) is 128 Å². The number of carbonyl (C=O) groups excluding carboxylic acids is 2. The van der Waals surface area contributed by atoms with Crippen molar-refractivity contribution in [3.8, 4) is 17.2 Å². The van der Waals surface area contributed by atoms with Crippen molar-refractivity contribution >= 4 is 29.5 Å². The number of benzene rings is 2. The molecule has 0 amide bonds. The number of aromatic nitrogens is 2. The van der Waals surface area contributed by atoms with E-state index in [0.29, 0.717) is 25.1 Å². The highest BCUT2D eigenvalue weighted by Crippen LogP contribution is 2.45. The van der Waals surface area contributed by atoms with Crippen molar-refractivity contribution in [1.29, 1.82) is 0 Å². The largest absolute Gasteiger partial charge is 0.664 e. The van der Waals surface area contributed by atoms with Crippen LogP contribution in [-0.2, 0) is 22.4 Å². The van der Waals surface area contributed by atoms with Gasteiger partial charge in [0.15, 0.2) is 11.5 Å². The Morgan fingerprint density at radius 2 is 1.98 bits per heavy atom. The summed E-state index contributed by atoms with van der Waals surface area (Å²) in [5, 5.41) is 25.1. The Kier molecular flexibility index (Phi) is 8.91. The first kappa shape index (κ1) is 30.1. The maximum Gasteiger partial charge on any atom is 0.160 e. The van der Waals surface area contributed by atoms with Crippen molar-refractivity contribution in [1.82, 2.24) is 9.97 Å². The van der Waals surface area contributed by atoms with Crippen molar-refractivity contribution in [2.24, 2.45) is 11.8 Å². The monoisotopic (exact) mass is 603 g/mol. The third-order valence-corrected chi connectivity index (χ3v) is 9.00. The van der Waals surface area contributed by atoms with Crippen LogP contribution in [0.15, 0.2) is 78.6 Å².